The summed E-state index contributed by atoms with van der Waals surface area (Å²) in [5.41, 5.74) is 5.97. The molecular weight excluding hydrogens is 369 g/mol. The minimum atomic E-state index is -0.565. The Hall–Kier alpha value is -0.0800. The highest BCUT2D eigenvalue weighted by atomic mass is 127. The first-order valence-electron chi connectivity index (χ1n) is 7.40. The predicted molar refractivity (Wildman–Crippen MR) is 93.6 cm³/mol. The zero-order chi connectivity index (χ0) is 14.1. The number of hydrogen-bond donors (Lipinski definition) is 2. The van der Waals surface area contributed by atoms with Gasteiger partial charge in [-0.1, -0.05) is 26.7 Å². The van der Waals surface area contributed by atoms with E-state index in [0.717, 1.165) is 13.1 Å². The summed E-state index contributed by atoms with van der Waals surface area (Å²) in [5, 5.41) is 9.76. The first-order chi connectivity index (χ1) is 9.09. The van der Waals surface area contributed by atoms with Gasteiger partial charge in [-0.2, -0.15) is 0 Å². The number of rotatable bonds is 6. The van der Waals surface area contributed by atoms with Crippen molar-refractivity contribution in [3.05, 3.63) is 0 Å². The summed E-state index contributed by atoms with van der Waals surface area (Å²) in [5.74, 6) is 1.04. The Morgan fingerprint density at radius 3 is 2.35 bits per heavy atom. The normalized spacial score (nSPS) is 18.6. The Bertz CT molecular complexity index is 267. The van der Waals surface area contributed by atoms with E-state index < -0.39 is 6.10 Å². The standard InChI is InChI=1S/C14H29N3O2.HI/c1-12(2)10-19-11-13(18)9-16-14(15)17-7-5-3-4-6-8-17;/h12-13,18H,3-11H2,1-2H3,(H2,15,16);1H. The highest BCUT2D eigenvalue weighted by Crippen LogP contribution is 2.09. The number of likely N-dealkylation sites (tertiary alicyclic amines) is 1. The zero-order valence-corrected chi connectivity index (χ0v) is 15.1. The van der Waals surface area contributed by atoms with Crippen LogP contribution in [-0.2, 0) is 4.74 Å². The largest absolute Gasteiger partial charge is 0.389 e. The molecule has 1 fully saturated rings. The monoisotopic (exact) mass is 399 g/mol. The number of aliphatic hydroxyl groups excluding tert-OH is 1. The topological polar surface area (TPSA) is 71.1 Å². The van der Waals surface area contributed by atoms with Crippen LogP contribution in [0.5, 0.6) is 0 Å². The van der Waals surface area contributed by atoms with E-state index in [1.807, 2.05) is 0 Å². The SMILES string of the molecule is CC(C)COCC(O)CN=C(N)N1CCCCCC1.I. The van der Waals surface area contributed by atoms with Gasteiger partial charge in [0.05, 0.1) is 19.3 Å². The molecule has 3 N–H and O–H groups in total. The quantitative estimate of drug-likeness (QED) is 0.406. The third kappa shape index (κ3) is 8.97. The lowest BCUT2D eigenvalue weighted by Crippen LogP contribution is -2.38. The molecule has 5 nitrogen and oxygen atoms in total. The highest BCUT2D eigenvalue weighted by molar-refractivity contribution is 14.0. The lowest BCUT2D eigenvalue weighted by Gasteiger charge is -2.21. The van der Waals surface area contributed by atoms with E-state index in [-0.39, 0.29) is 24.0 Å². The van der Waals surface area contributed by atoms with Crippen molar-refractivity contribution < 1.29 is 9.84 Å². The maximum Gasteiger partial charge on any atom is 0.191 e. The van der Waals surface area contributed by atoms with Crippen molar-refractivity contribution in [2.75, 3.05) is 32.8 Å². The molecule has 1 aliphatic heterocycles. The van der Waals surface area contributed by atoms with Crippen molar-refractivity contribution in [1.82, 2.24) is 4.90 Å². The molecule has 0 saturated carbocycles. The van der Waals surface area contributed by atoms with Gasteiger partial charge < -0.3 is 20.5 Å². The van der Waals surface area contributed by atoms with Crippen molar-refractivity contribution in [3.63, 3.8) is 0 Å². The van der Waals surface area contributed by atoms with Gasteiger partial charge >= 0.3 is 0 Å². The van der Waals surface area contributed by atoms with Crippen LogP contribution in [0.1, 0.15) is 39.5 Å². The lowest BCUT2D eigenvalue weighted by atomic mass is 10.2. The van der Waals surface area contributed by atoms with Crippen molar-refractivity contribution in [3.8, 4) is 0 Å². The second-order valence-corrected chi connectivity index (χ2v) is 5.69. The van der Waals surface area contributed by atoms with E-state index in [1.54, 1.807) is 0 Å². The Balaban J connectivity index is 0.00000361. The third-order valence-corrected chi connectivity index (χ3v) is 3.16. The molecule has 1 aliphatic rings. The summed E-state index contributed by atoms with van der Waals surface area (Å²) >= 11 is 0. The summed E-state index contributed by atoms with van der Waals surface area (Å²) in [6, 6.07) is 0. The summed E-state index contributed by atoms with van der Waals surface area (Å²) in [7, 11) is 0. The van der Waals surface area contributed by atoms with E-state index in [4.69, 9.17) is 10.5 Å². The average Bonchev–Trinajstić information content (AvgIpc) is 2.64. The number of nitrogens with two attached hydrogens (primary N) is 1. The van der Waals surface area contributed by atoms with Gasteiger partial charge in [-0.3, -0.25) is 4.99 Å². The Kier molecular flexibility index (Phi) is 11.5. The second kappa shape index (κ2) is 11.6. The predicted octanol–water partition coefficient (Wildman–Crippen LogP) is 1.83. The average molecular weight is 399 g/mol. The number of ether oxygens (including phenoxy) is 1. The molecule has 6 heteroatoms. The molecule has 1 atom stereocenters. The van der Waals surface area contributed by atoms with Gasteiger partial charge in [0, 0.05) is 19.7 Å². The first kappa shape index (κ1) is 19.9. The fraction of sp³-hybridized carbons (Fsp3) is 0.929. The van der Waals surface area contributed by atoms with Crippen molar-refractivity contribution in [2.45, 2.75) is 45.6 Å². The van der Waals surface area contributed by atoms with Gasteiger partial charge in [0.15, 0.2) is 5.96 Å². The fourth-order valence-electron chi connectivity index (χ4n) is 2.09. The van der Waals surface area contributed by atoms with E-state index in [1.165, 1.54) is 25.7 Å². The first-order valence-corrected chi connectivity index (χ1v) is 7.40. The highest BCUT2D eigenvalue weighted by Gasteiger charge is 2.11. The van der Waals surface area contributed by atoms with Crippen LogP contribution in [0.4, 0.5) is 0 Å². The lowest BCUT2D eigenvalue weighted by molar-refractivity contribution is 0.0301. The van der Waals surface area contributed by atoms with E-state index in [2.05, 4.69) is 23.7 Å². The molecule has 0 amide bonds. The molecule has 1 saturated heterocycles. The van der Waals surface area contributed by atoms with Gasteiger partial charge in [0.2, 0.25) is 0 Å². The van der Waals surface area contributed by atoms with Crippen LogP contribution >= 0.6 is 24.0 Å². The fourth-order valence-corrected chi connectivity index (χ4v) is 2.09. The molecule has 0 radical (unpaired) electrons. The number of halogens is 1. The molecule has 0 aromatic carbocycles. The van der Waals surface area contributed by atoms with Crippen LogP contribution in [0, 0.1) is 5.92 Å². The molecule has 1 unspecified atom stereocenters. The molecule has 0 aromatic heterocycles. The Labute approximate surface area is 140 Å². The number of hydrogen-bond acceptors (Lipinski definition) is 3. The Morgan fingerprint density at radius 2 is 1.80 bits per heavy atom. The smallest absolute Gasteiger partial charge is 0.191 e. The number of aliphatic imine (C=N–C) groups is 1. The van der Waals surface area contributed by atoms with Crippen molar-refractivity contribution in [2.24, 2.45) is 16.6 Å². The summed E-state index contributed by atoms with van der Waals surface area (Å²) in [6.45, 7) is 7.45. The Morgan fingerprint density at radius 1 is 1.20 bits per heavy atom. The zero-order valence-electron chi connectivity index (χ0n) is 12.8. The number of guanidine groups is 1. The maximum atomic E-state index is 9.76. The van der Waals surface area contributed by atoms with Gasteiger partial charge in [-0.05, 0) is 18.8 Å². The minimum absolute atomic E-state index is 0. The van der Waals surface area contributed by atoms with Crippen LogP contribution in [0.3, 0.4) is 0 Å². The van der Waals surface area contributed by atoms with Crippen molar-refractivity contribution in [1.29, 1.82) is 0 Å². The summed E-state index contributed by atoms with van der Waals surface area (Å²) in [4.78, 5) is 6.40. The summed E-state index contributed by atoms with van der Waals surface area (Å²) in [6.07, 6.45) is 4.33. The summed E-state index contributed by atoms with van der Waals surface area (Å²) < 4.78 is 5.38. The molecule has 0 spiro atoms. The van der Waals surface area contributed by atoms with Crippen LogP contribution in [0.25, 0.3) is 0 Å². The molecule has 1 rings (SSSR count). The molecule has 0 bridgehead atoms. The maximum absolute atomic E-state index is 9.76. The third-order valence-electron chi connectivity index (χ3n) is 3.16. The van der Waals surface area contributed by atoms with Gasteiger partial charge in [0.1, 0.15) is 0 Å². The van der Waals surface area contributed by atoms with Gasteiger partial charge in [-0.15, -0.1) is 24.0 Å². The van der Waals surface area contributed by atoms with Crippen molar-refractivity contribution >= 4 is 29.9 Å². The molecule has 0 aliphatic carbocycles. The van der Waals surface area contributed by atoms with E-state index in [0.29, 0.717) is 31.6 Å². The van der Waals surface area contributed by atoms with Crippen LogP contribution < -0.4 is 5.73 Å². The molecule has 1 heterocycles. The molecular formula is C14H30IN3O2. The van der Waals surface area contributed by atoms with Crippen LogP contribution in [-0.4, -0.2) is 54.9 Å². The van der Waals surface area contributed by atoms with Gasteiger partial charge in [0.25, 0.3) is 0 Å². The molecule has 120 valence electrons. The molecule has 0 aromatic rings. The second-order valence-electron chi connectivity index (χ2n) is 5.69. The van der Waals surface area contributed by atoms with Crippen LogP contribution in [0.2, 0.25) is 0 Å². The number of nitrogens with zero attached hydrogens (tertiary/aromatic N) is 2. The van der Waals surface area contributed by atoms with E-state index in [9.17, 15) is 5.11 Å². The molecule has 20 heavy (non-hydrogen) atoms. The van der Waals surface area contributed by atoms with Gasteiger partial charge in [-0.25, -0.2) is 0 Å². The van der Waals surface area contributed by atoms with E-state index >= 15 is 0 Å². The van der Waals surface area contributed by atoms with Crippen LogP contribution in [0.15, 0.2) is 4.99 Å². The number of aliphatic hydroxyl groups is 1. The minimum Gasteiger partial charge on any atom is -0.389 e.